The van der Waals surface area contributed by atoms with Crippen LogP contribution < -0.4 is 21.3 Å². The van der Waals surface area contributed by atoms with E-state index in [4.69, 9.17) is 4.52 Å². The van der Waals surface area contributed by atoms with Crippen molar-refractivity contribution in [2.75, 3.05) is 13.1 Å². The Bertz CT molecular complexity index is 1270. The number of nitrogens with zero attached hydrogens (tertiary/aromatic N) is 2. The van der Waals surface area contributed by atoms with Crippen LogP contribution in [0, 0.1) is 12.8 Å². The lowest BCUT2D eigenvalue weighted by Gasteiger charge is -2.29. The third kappa shape index (κ3) is 11.5. The van der Waals surface area contributed by atoms with Crippen LogP contribution in [0.5, 0.6) is 0 Å². The predicted molar refractivity (Wildman–Crippen MR) is 167 cm³/mol. The quantitative estimate of drug-likeness (QED) is 0.257. The summed E-state index contributed by atoms with van der Waals surface area (Å²) in [6.07, 6.45) is 3.41. The average Bonchev–Trinajstić information content (AvgIpc) is 3.79. The first-order valence-corrected chi connectivity index (χ1v) is 15.4. The number of amides is 5. The van der Waals surface area contributed by atoms with Crippen LogP contribution in [-0.2, 0) is 30.4 Å². The van der Waals surface area contributed by atoms with Gasteiger partial charge in [-0.1, -0.05) is 49.3 Å². The Morgan fingerprint density at radius 1 is 1.11 bits per heavy atom. The lowest BCUT2D eigenvalue weighted by molar-refractivity contribution is -0.140. The molecular weight excluding hydrogens is 580 g/mol. The fourth-order valence-corrected chi connectivity index (χ4v) is 5.00. The van der Waals surface area contributed by atoms with Gasteiger partial charge < -0.3 is 35.5 Å². The summed E-state index contributed by atoms with van der Waals surface area (Å²) < 4.78 is 4.98. The summed E-state index contributed by atoms with van der Waals surface area (Å²) >= 11 is 0. The fraction of sp³-hybridized carbons (Fsp3) is 0.531. The molecule has 2 aromatic rings. The van der Waals surface area contributed by atoms with Crippen molar-refractivity contribution in [1.29, 1.82) is 0 Å². The van der Waals surface area contributed by atoms with Gasteiger partial charge in [0.2, 0.25) is 24.1 Å². The summed E-state index contributed by atoms with van der Waals surface area (Å²) in [6, 6.07) is 8.47. The van der Waals surface area contributed by atoms with Crippen molar-refractivity contribution >= 4 is 36.3 Å². The number of hydrogen-bond donors (Lipinski definition) is 4. The highest BCUT2D eigenvalue weighted by Gasteiger charge is 2.39. The molecule has 13 nitrogen and oxygen atoms in total. The van der Waals surface area contributed by atoms with Gasteiger partial charge >= 0.3 is 0 Å². The van der Waals surface area contributed by atoms with Gasteiger partial charge in [-0.05, 0) is 52.0 Å². The van der Waals surface area contributed by atoms with Crippen molar-refractivity contribution in [3.05, 3.63) is 53.4 Å². The zero-order valence-corrected chi connectivity index (χ0v) is 26.7. The SMILES string of the molecule is CC.CC(C)NC=O.Cc1cc(C(=O)NC(Cc2ccccc2)C(=O)N2CCCC2C(=O)NC(C=O)CC2CCNC2=O)no1. The van der Waals surface area contributed by atoms with E-state index in [0.717, 1.165) is 5.56 Å². The van der Waals surface area contributed by atoms with Crippen LogP contribution in [0.1, 0.15) is 75.2 Å². The number of likely N-dealkylation sites (tertiary alicyclic amines) is 1. The van der Waals surface area contributed by atoms with Gasteiger partial charge in [-0.25, -0.2) is 0 Å². The molecule has 4 N–H and O–H groups in total. The third-order valence-electron chi connectivity index (χ3n) is 7.18. The highest BCUT2D eigenvalue weighted by molar-refractivity contribution is 5.97. The van der Waals surface area contributed by atoms with Crippen LogP contribution in [0.4, 0.5) is 0 Å². The first-order valence-electron chi connectivity index (χ1n) is 15.4. The molecule has 0 radical (unpaired) electrons. The first kappa shape index (κ1) is 36.6. The van der Waals surface area contributed by atoms with Crippen molar-refractivity contribution in [3.8, 4) is 0 Å². The van der Waals surface area contributed by atoms with Crippen LogP contribution >= 0.6 is 0 Å². The Hall–Kier alpha value is -4.55. The molecule has 5 amide bonds. The van der Waals surface area contributed by atoms with E-state index in [1.165, 1.54) is 11.0 Å². The normalized spacial score (nSPS) is 18.3. The molecule has 246 valence electrons. The summed E-state index contributed by atoms with van der Waals surface area (Å²) in [7, 11) is 0. The van der Waals surface area contributed by atoms with Crippen LogP contribution in [0.2, 0.25) is 0 Å². The molecule has 4 unspecified atom stereocenters. The average molecular weight is 627 g/mol. The smallest absolute Gasteiger partial charge is 0.274 e. The second-order valence-electron chi connectivity index (χ2n) is 10.9. The van der Waals surface area contributed by atoms with Gasteiger partial charge in [0.05, 0.1) is 6.04 Å². The van der Waals surface area contributed by atoms with Crippen molar-refractivity contribution in [2.24, 2.45) is 5.92 Å². The van der Waals surface area contributed by atoms with E-state index < -0.39 is 35.8 Å². The minimum absolute atomic E-state index is 0.0591. The van der Waals surface area contributed by atoms with E-state index in [1.807, 2.05) is 58.0 Å². The monoisotopic (exact) mass is 626 g/mol. The van der Waals surface area contributed by atoms with E-state index >= 15 is 0 Å². The first-order chi connectivity index (χ1) is 21.6. The molecule has 3 heterocycles. The molecule has 0 bridgehead atoms. The lowest BCUT2D eigenvalue weighted by atomic mass is 9.98. The highest BCUT2D eigenvalue weighted by atomic mass is 16.5. The van der Waals surface area contributed by atoms with Crippen molar-refractivity contribution < 1.29 is 33.3 Å². The van der Waals surface area contributed by atoms with Crippen LogP contribution in [0.15, 0.2) is 40.9 Å². The number of aldehydes is 1. The summed E-state index contributed by atoms with van der Waals surface area (Å²) in [5, 5.41) is 14.4. The summed E-state index contributed by atoms with van der Waals surface area (Å²) in [5.74, 6) is -1.39. The number of hydrogen-bond acceptors (Lipinski definition) is 8. The molecule has 0 saturated carbocycles. The molecule has 4 atom stereocenters. The van der Waals surface area contributed by atoms with Crippen molar-refractivity contribution in [1.82, 2.24) is 31.3 Å². The fourth-order valence-electron chi connectivity index (χ4n) is 5.00. The molecule has 0 spiro atoms. The number of aromatic nitrogens is 1. The molecular formula is C32H46N6O7. The second kappa shape index (κ2) is 19.0. The van der Waals surface area contributed by atoms with Gasteiger partial charge in [0.1, 0.15) is 24.1 Å². The number of rotatable bonds is 12. The number of carbonyl (C=O) groups is 6. The molecule has 2 saturated heterocycles. The minimum atomic E-state index is -0.940. The Morgan fingerprint density at radius 2 is 1.82 bits per heavy atom. The van der Waals surface area contributed by atoms with Gasteiger partial charge in [0.15, 0.2) is 5.69 Å². The number of benzene rings is 1. The molecule has 0 aliphatic carbocycles. The van der Waals surface area contributed by atoms with E-state index in [2.05, 4.69) is 26.4 Å². The molecule has 2 aliphatic heterocycles. The molecule has 4 rings (SSSR count). The highest BCUT2D eigenvalue weighted by Crippen LogP contribution is 2.21. The second-order valence-corrected chi connectivity index (χ2v) is 10.9. The van der Waals surface area contributed by atoms with E-state index in [1.54, 1.807) is 6.92 Å². The Kier molecular flexibility index (Phi) is 15.4. The number of nitrogens with one attached hydrogen (secondary N) is 4. The zero-order chi connectivity index (χ0) is 33.4. The van der Waals surface area contributed by atoms with Gasteiger partial charge in [-0.3, -0.25) is 24.0 Å². The zero-order valence-electron chi connectivity index (χ0n) is 26.7. The molecule has 2 fully saturated rings. The Morgan fingerprint density at radius 3 is 2.36 bits per heavy atom. The predicted octanol–water partition coefficient (Wildman–Crippen LogP) is 1.69. The van der Waals surface area contributed by atoms with Crippen molar-refractivity contribution in [3.63, 3.8) is 0 Å². The molecule has 1 aromatic heterocycles. The van der Waals surface area contributed by atoms with Crippen LogP contribution in [0.3, 0.4) is 0 Å². The minimum Gasteiger partial charge on any atom is -0.361 e. The number of carbonyl (C=O) groups excluding carboxylic acids is 6. The summed E-state index contributed by atoms with van der Waals surface area (Å²) in [5.41, 5.74) is 0.900. The van der Waals surface area contributed by atoms with Gasteiger partial charge in [0.25, 0.3) is 5.91 Å². The third-order valence-corrected chi connectivity index (χ3v) is 7.18. The Balaban J connectivity index is 0.000000790. The molecule has 45 heavy (non-hydrogen) atoms. The van der Waals surface area contributed by atoms with Gasteiger partial charge in [-0.2, -0.15) is 0 Å². The lowest BCUT2D eigenvalue weighted by Crippen LogP contribution is -2.55. The standard InChI is InChI=1S/C26H31N5O6.C4H9NO.C2H6/c1-16-12-20(30-37-16)24(34)29-21(13-17-6-3-2-4-7-17)26(36)31-11-5-8-22(31)25(35)28-19(15-32)14-18-9-10-27-23(18)33;1-4(2)5-3-6;1-2/h2-4,6-7,12,15,18-19,21-22H,5,8-11,13-14H2,1H3,(H,27,33)(H,28,35)(H,29,34);3-4H,1-2H3,(H,5,6);1-2H3. The molecule has 13 heteroatoms. The molecule has 2 aliphatic rings. The maximum absolute atomic E-state index is 13.7. The maximum atomic E-state index is 13.7. The van der Waals surface area contributed by atoms with E-state index in [9.17, 15) is 28.8 Å². The van der Waals surface area contributed by atoms with Gasteiger partial charge in [-0.15, -0.1) is 0 Å². The van der Waals surface area contributed by atoms with E-state index in [0.29, 0.717) is 50.8 Å². The van der Waals surface area contributed by atoms with Crippen LogP contribution in [0.25, 0.3) is 0 Å². The number of aryl methyl sites for hydroxylation is 1. The van der Waals surface area contributed by atoms with Gasteiger partial charge in [0, 0.05) is 37.5 Å². The molecule has 1 aromatic carbocycles. The van der Waals surface area contributed by atoms with E-state index in [-0.39, 0.29) is 36.4 Å². The largest absolute Gasteiger partial charge is 0.361 e. The summed E-state index contributed by atoms with van der Waals surface area (Å²) in [4.78, 5) is 74.1. The van der Waals surface area contributed by atoms with Crippen molar-refractivity contribution in [2.45, 2.75) is 90.9 Å². The van der Waals surface area contributed by atoms with Crippen LogP contribution in [-0.4, -0.2) is 83.6 Å². The maximum Gasteiger partial charge on any atom is 0.274 e. The topological polar surface area (TPSA) is 180 Å². The Labute approximate surface area is 264 Å². The summed E-state index contributed by atoms with van der Waals surface area (Å²) in [6.45, 7) is 10.4.